The average molecular weight is 260 g/mol. The fourth-order valence-electron chi connectivity index (χ4n) is 1.98. The largest absolute Gasteiger partial charge is 0.506 e. The quantitative estimate of drug-likeness (QED) is 0.731. The minimum atomic E-state index is 0.113. The lowest BCUT2D eigenvalue weighted by molar-refractivity contribution is 0.474. The van der Waals surface area contributed by atoms with Crippen LogP contribution >= 0.6 is 11.6 Å². The molecule has 2 aromatic heterocycles. The molecule has 1 N–H and O–H groups in total. The molecule has 0 aliphatic carbocycles. The number of rotatable bonds is 1. The van der Waals surface area contributed by atoms with Crippen molar-refractivity contribution in [3.63, 3.8) is 0 Å². The third kappa shape index (κ3) is 1.62. The second-order valence-electron chi connectivity index (χ2n) is 4.02. The number of hydrogen-bond acceptors (Lipinski definition) is 3. The first-order valence-corrected chi connectivity index (χ1v) is 5.80. The van der Waals surface area contributed by atoms with Crippen molar-refractivity contribution < 1.29 is 5.11 Å². The van der Waals surface area contributed by atoms with E-state index in [4.69, 9.17) is 11.6 Å². The highest BCUT2D eigenvalue weighted by atomic mass is 35.5. The Morgan fingerprint density at radius 1 is 1.28 bits per heavy atom. The summed E-state index contributed by atoms with van der Waals surface area (Å²) >= 11 is 5.98. The molecular formula is C13H10ClN3O. The zero-order chi connectivity index (χ0) is 12.7. The molecule has 0 spiro atoms. The van der Waals surface area contributed by atoms with E-state index in [9.17, 15) is 5.11 Å². The van der Waals surface area contributed by atoms with Crippen LogP contribution in [0.1, 0.15) is 0 Å². The summed E-state index contributed by atoms with van der Waals surface area (Å²) in [5.41, 5.74) is 2.42. The maximum absolute atomic E-state index is 9.83. The Bertz CT molecular complexity index is 736. The van der Waals surface area contributed by atoms with Gasteiger partial charge in [0, 0.05) is 18.3 Å². The van der Waals surface area contributed by atoms with Crippen molar-refractivity contribution in [3.8, 4) is 17.1 Å². The van der Waals surface area contributed by atoms with Crippen LogP contribution in [0, 0.1) is 0 Å². The normalized spacial score (nSPS) is 11.0. The Kier molecular flexibility index (Phi) is 2.45. The van der Waals surface area contributed by atoms with Gasteiger partial charge in [0.15, 0.2) is 0 Å². The van der Waals surface area contributed by atoms with Gasteiger partial charge in [-0.1, -0.05) is 11.6 Å². The van der Waals surface area contributed by atoms with Gasteiger partial charge in [0.2, 0.25) is 0 Å². The Hall–Kier alpha value is -2.07. The monoisotopic (exact) mass is 259 g/mol. The molecular weight excluding hydrogens is 250 g/mol. The van der Waals surface area contributed by atoms with Gasteiger partial charge in [-0.25, -0.2) is 4.98 Å². The van der Waals surface area contributed by atoms with Crippen LogP contribution in [0.25, 0.3) is 22.4 Å². The molecule has 0 unspecified atom stereocenters. The van der Waals surface area contributed by atoms with E-state index in [-0.39, 0.29) is 5.75 Å². The van der Waals surface area contributed by atoms with Gasteiger partial charge in [-0.2, -0.15) is 0 Å². The molecule has 3 rings (SSSR count). The highest BCUT2D eigenvalue weighted by molar-refractivity contribution is 6.31. The molecule has 0 saturated heterocycles. The molecule has 0 fully saturated rings. The van der Waals surface area contributed by atoms with Crippen LogP contribution in [0.2, 0.25) is 5.02 Å². The molecule has 3 aromatic rings. The number of aromatic nitrogens is 3. The number of nitrogens with zero attached hydrogens (tertiary/aromatic N) is 3. The molecule has 0 aliphatic rings. The number of hydrogen-bond donors (Lipinski definition) is 1. The summed E-state index contributed by atoms with van der Waals surface area (Å²) in [4.78, 5) is 8.36. The molecule has 0 radical (unpaired) electrons. The number of aryl methyl sites for hydroxylation is 1. The number of fused-ring (bicyclic) bond motifs is 1. The molecule has 0 amide bonds. The molecule has 90 valence electrons. The molecule has 0 bridgehead atoms. The predicted octanol–water partition coefficient (Wildman–Crippen LogP) is 2.99. The lowest BCUT2D eigenvalue weighted by Gasteiger charge is -2.03. The molecule has 0 atom stereocenters. The average Bonchev–Trinajstić information content (AvgIpc) is 2.68. The second kappa shape index (κ2) is 3.99. The maximum Gasteiger partial charge on any atom is 0.144 e. The summed E-state index contributed by atoms with van der Waals surface area (Å²) in [6.45, 7) is 0. The minimum Gasteiger partial charge on any atom is -0.506 e. The smallest absolute Gasteiger partial charge is 0.144 e. The Morgan fingerprint density at radius 2 is 2.11 bits per heavy atom. The maximum atomic E-state index is 9.83. The van der Waals surface area contributed by atoms with Gasteiger partial charge in [-0.3, -0.25) is 4.98 Å². The van der Waals surface area contributed by atoms with Crippen LogP contribution in [0.5, 0.6) is 5.75 Å². The zero-order valence-electron chi connectivity index (χ0n) is 9.63. The van der Waals surface area contributed by atoms with E-state index in [1.165, 1.54) is 6.20 Å². The fraction of sp³-hybridized carbons (Fsp3) is 0.0769. The van der Waals surface area contributed by atoms with Gasteiger partial charge < -0.3 is 9.67 Å². The van der Waals surface area contributed by atoms with Crippen LogP contribution in [0.3, 0.4) is 0 Å². The molecule has 0 aliphatic heterocycles. The van der Waals surface area contributed by atoms with Crippen molar-refractivity contribution >= 4 is 22.6 Å². The topological polar surface area (TPSA) is 50.9 Å². The van der Waals surface area contributed by atoms with Gasteiger partial charge in [0.25, 0.3) is 0 Å². The first-order chi connectivity index (χ1) is 8.66. The number of imidazole rings is 1. The summed E-state index contributed by atoms with van der Waals surface area (Å²) in [6.07, 6.45) is 3.03. The van der Waals surface area contributed by atoms with Gasteiger partial charge in [-0.15, -0.1) is 0 Å². The zero-order valence-corrected chi connectivity index (χ0v) is 10.4. The summed E-state index contributed by atoms with van der Waals surface area (Å²) < 4.78 is 1.90. The molecule has 0 saturated carbocycles. The Balaban J connectivity index is 2.31. The van der Waals surface area contributed by atoms with Gasteiger partial charge in [-0.05, 0) is 24.3 Å². The van der Waals surface area contributed by atoms with Crippen LogP contribution in [-0.2, 0) is 7.05 Å². The molecule has 1 aromatic carbocycles. The van der Waals surface area contributed by atoms with E-state index in [1.807, 2.05) is 23.7 Å². The van der Waals surface area contributed by atoms with Crippen LogP contribution < -0.4 is 0 Å². The lowest BCUT2D eigenvalue weighted by Crippen LogP contribution is -1.93. The first kappa shape index (κ1) is 11.0. The van der Waals surface area contributed by atoms with Crippen molar-refractivity contribution in [3.05, 3.63) is 41.7 Å². The summed E-state index contributed by atoms with van der Waals surface area (Å²) in [5, 5.41) is 10.5. The Labute approximate surface area is 108 Å². The van der Waals surface area contributed by atoms with Gasteiger partial charge >= 0.3 is 0 Å². The third-order valence-corrected chi connectivity index (χ3v) is 3.12. The summed E-state index contributed by atoms with van der Waals surface area (Å²) in [5.74, 6) is 0.800. The SMILES string of the molecule is Cn1c(-c2ccncc2O)nc2ccc(Cl)cc21. The number of aromatic hydroxyl groups is 1. The molecule has 18 heavy (non-hydrogen) atoms. The van der Waals surface area contributed by atoms with E-state index in [0.29, 0.717) is 16.4 Å². The second-order valence-corrected chi connectivity index (χ2v) is 4.46. The van der Waals surface area contributed by atoms with Crippen LogP contribution in [-0.4, -0.2) is 19.6 Å². The highest BCUT2D eigenvalue weighted by Gasteiger charge is 2.13. The van der Waals surface area contributed by atoms with Gasteiger partial charge in [0.1, 0.15) is 11.6 Å². The van der Waals surface area contributed by atoms with E-state index in [2.05, 4.69) is 9.97 Å². The van der Waals surface area contributed by atoms with E-state index >= 15 is 0 Å². The standard InChI is InChI=1S/C13H10ClN3O/c1-17-11-6-8(14)2-3-10(11)16-13(17)9-4-5-15-7-12(9)18/h2-7,18H,1H3. The molecule has 2 heterocycles. The van der Waals surface area contributed by atoms with E-state index in [0.717, 1.165) is 11.0 Å². The predicted molar refractivity (Wildman–Crippen MR) is 70.6 cm³/mol. The van der Waals surface area contributed by atoms with Crippen molar-refractivity contribution in [1.29, 1.82) is 0 Å². The fourth-order valence-corrected chi connectivity index (χ4v) is 2.15. The highest BCUT2D eigenvalue weighted by Crippen LogP contribution is 2.30. The van der Waals surface area contributed by atoms with Crippen molar-refractivity contribution in [1.82, 2.24) is 14.5 Å². The Morgan fingerprint density at radius 3 is 2.89 bits per heavy atom. The molecule has 4 nitrogen and oxygen atoms in total. The van der Waals surface area contributed by atoms with E-state index < -0.39 is 0 Å². The molecule has 5 heteroatoms. The minimum absolute atomic E-state index is 0.113. The number of benzene rings is 1. The first-order valence-electron chi connectivity index (χ1n) is 5.42. The number of pyridine rings is 1. The van der Waals surface area contributed by atoms with Crippen molar-refractivity contribution in [2.45, 2.75) is 0 Å². The van der Waals surface area contributed by atoms with E-state index in [1.54, 1.807) is 18.3 Å². The van der Waals surface area contributed by atoms with Crippen LogP contribution in [0.15, 0.2) is 36.7 Å². The van der Waals surface area contributed by atoms with Gasteiger partial charge in [0.05, 0.1) is 22.8 Å². The van der Waals surface area contributed by atoms with Crippen LogP contribution in [0.4, 0.5) is 0 Å². The van der Waals surface area contributed by atoms with Crippen molar-refractivity contribution in [2.24, 2.45) is 7.05 Å². The summed E-state index contributed by atoms with van der Waals surface area (Å²) in [6, 6.07) is 7.25. The number of halogens is 1. The summed E-state index contributed by atoms with van der Waals surface area (Å²) in [7, 11) is 1.89. The lowest BCUT2D eigenvalue weighted by atomic mass is 10.2. The third-order valence-electron chi connectivity index (χ3n) is 2.88. The van der Waals surface area contributed by atoms with Crippen molar-refractivity contribution in [2.75, 3.05) is 0 Å².